The van der Waals surface area contributed by atoms with Crippen molar-refractivity contribution in [2.45, 2.75) is 62.3 Å². The van der Waals surface area contributed by atoms with Crippen LogP contribution < -0.4 is 10.5 Å². The van der Waals surface area contributed by atoms with Gasteiger partial charge >= 0.3 is 6.36 Å². The van der Waals surface area contributed by atoms with Gasteiger partial charge in [-0.3, -0.25) is 4.79 Å². The van der Waals surface area contributed by atoms with Gasteiger partial charge in [-0.1, -0.05) is 24.3 Å². The number of methoxy groups -OCH3 is 1. The predicted octanol–water partition coefficient (Wildman–Crippen LogP) is 3.72. The highest BCUT2D eigenvalue weighted by molar-refractivity contribution is 5.79. The molecule has 0 unspecified atom stereocenters. The molecule has 5 atom stereocenters. The molecule has 226 valence electrons. The van der Waals surface area contributed by atoms with E-state index < -0.39 is 47.7 Å². The number of nitrogens with two attached hydrogens (primary N) is 1. The van der Waals surface area contributed by atoms with E-state index in [1.165, 1.54) is 24.3 Å². The summed E-state index contributed by atoms with van der Waals surface area (Å²) in [7, 11) is 1.55. The first-order valence-electron chi connectivity index (χ1n) is 13.6. The number of alkyl halides is 3. The zero-order chi connectivity index (χ0) is 29.8. The normalized spacial score (nSPS) is 24.7. The lowest BCUT2D eigenvalue weighted by Crippen LogP contribution is -2.55. The fourth-order valence-electron chi connectivity index (χ4n) is 5.78. The minimum Gasteiger partial charge on any atom is -0.406 e. The lowest BCUT2D eigenvalue weighted by molar-refractivity contribution is -0.274. The number of halogens is 4. The Morgan fingerprint density at radius 1 is 1.17 bits per heavy atom. The predicted molar refractivity (Wildman–Crippen MR) is 141 cm³/mol. The van der Waals surface area contributed by atoms with Crippen molar-refractivity contribution in [3.8, 4) is 16.9 Å². The Morgan fingerprint density at radius 3 is 2.61 bits per heavy atom. The van der Waals surface area contributed by atoms with Crippen LogP contribution in [0.1, 0.15) is 37.7 Å². The zero-order valence-electron chi connectivity index (χ0n) is 22.8. The number of hydrogen-bond acceptors (Lipinski definition) is 7. The Bertz CT molecular complexity index is 1190. The number of aliphatic hydroxyl groups is 2. The summed E-state index contributed by atoms with van der Waals surface area (Å²) in [5, 5.41) is 22.4. The number of ether oxygens (including phenoxy) is 3. The number of carbonyl (C=O) groups is 1. The fraction of sp³-hybridized carbons (Fsp3) is 0.552. The molecule has 12 heteroatoms. The summed E-state index contributed by atoms with van der Waals surface area (Å²) in [6.07, 6.45) is -4.97. The third-order valence-electron chi connectivity index (χ3n) is 7.83. The average Bonchev–Trinajstić information content (AvgIpc) is 3.27. The van der Waals surface area contributed by atoms with Crippen molar-refractivity contribution in [3.05, 3.63) is 53.8 Å². The first-order chi connectivity index (χ1) is 19.4. The van der Waals surface area contributed by atoms with Crippen molar-refractivity contribution in [1.82, 2.24) is 4.90 Å². The molecule has 1 saturated carbocycles. The van der Waals surface area contributed by atoms with Crippen molar-refractivity contribution in [1.29, 1.82) is 0 Å². The highest BCUT2D eigenvalue weighted by Gasteiger charge is 2.46. The number of benzene rings is 2. The lowest BCUT2D eigenvalue weighted by atomic mass is 9.78. The molecular weight excluding hydrogens is 548 g/mol. The molecule has 1 heterocycles. The smallest absolute Gasteiger partial charge is 0.406 e. The topological polar surface area (TPSA) is 114 Å². The van der Waals surface area contributed by atoms with E-state index in [1.807, 2.05) is 0 Å². The number of unbranched alkanes of at least 4 members (excludes halogenated alkanes) is 1. The molecule has 1 aliphatic carbocycles. The SMILES string of the molecule is COCCCC[C@@](O)(c1cccc(F)c1-c1cccc(OC(F)(F)F)c1)[C@H]1CN(C(=O)[C@H]2C[C@@H](N)[C@@H](O)C2)CCO1. The summed E-state index contributed by atoms with van der Waals surface area (Å²) in [6, 6.07) is 8.50. The number of nitrogens with zero attached hydrogens (tertiary/aromatic N) is 1. The van der Waals surface area contributed by atoms with Gasteiger partial charge in [0.25, 0.3) is 0 Å². The molecule has 0 spiro atoms. The van der Waals surface area contributed by atoms with E-state index in [2.05, 4.69) is 4.74 Å². The second-order valence-corrected chi connectivity index (χ2v) is 10.7. The highest BCUT2D eigenvalue weighted by Crippen LogP contribution is 2.42. The Hall–Kier alpha value is -2.77. The highest BCUT2D eigenvalue weighted by atomic mass is 19.4. The van der Waals surface area contributed by atoms with E-state index >= 15 is 4.39 Å². The van der Waals surface area contributed by atoms with Crippen molar-refractivity contribution in [2.24, 2.45) is 11.7 Å². The zero-order valence-corrected chi connectivity index (χ0v) is 22.8. The maximum atomic E-state index is 15.5. The Kier molecular flexibility index (Phi) is 9.91. The van der Waals surface area contributed by atoms with Gasteiger partial charge in [0.05, 0.1) is 19.3 Å². The molecule has 0 bridgehead atoms. The van der Waals surface area contributed by atoms with Crippen molar-refractivity contribution >= 4 is 5.91 Å². The van der Waals surface area contributed by atoms with Crippen LogP contribution in [0.25, 0.3) is 11.1 Å². The molecule has 1 amide bonds. The second kappa shape index (κ2) is 13.0. The molecule has 2 aliphatic rings. The fourth-order valence-corrected chi connectivity index (χ4v) is 5.78. The first kappa shape index (κ1) is 31.2. The Morgan fingerprint density at radius 2 is 1.93 bits per heavy atom. The Labute approximate surface area is 236 Å². The van der Waals surface area contributed by atoms with Crippen LogP contribution in [-0.2, 0) is 19.9 Å². The van der Waals surface area contributed by atoms with Crippen LogP contribution in [0.15, 0.2) is 42.5 Å². The number of aliphatic hydroxyl groups excluding tert-OH is 1. The van der Waals surface area contributed by atoms with E-state index in [9.17, 15) is 28.2 Å². The van der Waals surface area contributed by atoms with Crippen molar-refractivity contribution in [3.63, 3.8) is 0 Å². The van der Waals surface area contributed by atoms with Gasteiger partial charge in [0, 0.05) is 37.8 Å². The summed E-state index contributed by atoms with van der Waals surface area (Å²) < 4.78 is 69.4. The molecule has 4 rings (SSSR count). The summed E-state index contributed by atoms with van der Waals surface area (Å²) in [4.78, 5) is 14.9. The number of rotatable bonds is 10. The van der Waals surface area contributed by atoms with E-state index in [1.54, 1.807) is 12.0 Å². The third-order valence-corrected chi connectivity index (χ3v) is 7.83. The number of amides is 1. The quantitative estimate of drug-likeness (QED) is 0.288. The standard InChI is InChI=1S/C29H36F4N2O6/c1-39-12-3-2-10-28(38,25-17-35(11-13-40-25)27(37)19-15-23(34)24(36)16-19)21-8-5-9-22(30)26(21)18-6-4-7-20(14-18)41-29(31,32)33/h4-9,14,19,23-25,36,38H,2-3,10-13,15-17,34H2,1H3/t19-,23+,24-,25+,28+/m0/s1. The van der Waals surface area contributed by atoms with Crippen LogP contribution in [-0.4, -0.2) is 79.0 Å². The summed E-state index contributed by atoms with van der Waals surface area (Å²) in [6.45, 7) is 0.791. The van der Waals surface area contributed by atoms with Crippen LogP contribution in [0, 0.1) is 11.7 Å². The van der Waals surface area contributed by atoms with Gasteiger partial charge in [-0.2, -0.15) is 0 Å². The molecule has 2 fully saturated rings. The molecule has 1 saturated heterocycles. The van der Waals surface area contributed by atoms with Crippen LogP contribution in [0.2, 0.25) is 0 Å². The van der Waals surface area contributed by atoms with Gasteiger partial charge in [-0.15, -0.1) is 13.2 Å². The van der Waals surface area contributed by atoms with Crippen LogP contribution in [0.4, 0.5) is 17.6 Å². The maximum absolute atomic E-state index is 15.5. The molecule has 2 aromatic carbocycles. The van der Waals surface area contributed by atoms with Crippen molar-refractivity contribution in [2.75, 3.05) is 33.4 Å². The molecular formula is C29H36F4N2O6. The maximum Gasteiger partial charge on any atom is 0.573 e. The molecule has 0 aromatic heterocycles. The number of hydrogen-bond donors (Lipinski definition) is 3. The van der Waals surface area contributed by atoms with Gasteiger partial charge in [0.15, 0.2) is 0 Å². The van der Waals surface area contributed by atoms with E-state index in [0.29, 0.717) is 25.9 Å². The van der Waals surface area contributed by atoms with E-state index in [0.717, 1.165) is 18.2 Å². The van der Waals surface area contributed by atoms with E-state index in [-0.39, 0.29) is 55.1 Å². The molecule has 41 heavy (non-hydrogen) atoms. The van der Waals surface area contributed by atoms with Gasteiger partial charge in [0.2, 0.25) is 5.91 Å². The molecule has 1 aliphatic heterocycles. The molecule has 4 N–H and O–H groups in total. The minimum atomic E-state index is -4.94. The van der Waals surface area contributed by atoms with Crippen LogP contribution >= 0.6 is 0 Å². The van der Waals surface area contributed by atoms with E-state index in [4.69, 9.17) is 15.2 Å². The third kappa shape index (κ3) is 7.36. The summed E-state index contributed by atoms with van der Waals surface area (Å²) in [5.74, 6) is -1.95. The first-order valence-corrected chi connectivity index (χ1v) is 13.6. The average molecular weight is 585 g/mol. The van der Waals surface area contributed by atoms with Gasteiger partial charge < -0.3 is 35.1 Å². The molecule has 0 radical (unpaired) electrons. The minimum absolute atomic E-state index is 0.00534. The second-order valence-electron chi connectivity index (χ2n) is 10.7. The monoisotopic (exact) mass is 584 g/mol. The Balaban J connectivity index is 1.70. The van der Waals surface area contributed by atoms with Crippen LogP contribution in [0.3, 0.4) is 0 Å². The number of morpholine rings is 1. The largest absolute Gasteiger partial charge is 0.573 e. The van der Waals surface area contributed by atoms with Gasteiger partial charge in [0.1, 0.15) is 23.3 Å². The summed E-state index contributed by atoms with van der Waals surface area (Å²) in [5.41, 5.74) is 4.20. The number of carbonyl (C=O) groups excluding carboxylic acids is 1. The van der Waals surface area contributed by atoms with Gasteiger partial charge in [-0.05, 0) is 61.4 Å². The lowest BCUT2D eigenvalue weighted by Gasteiger charge is -2.43. The molecule has 2 aromatic rings. The van der Waals surface area contributed by atoms with Crippen LogP contribution in [0.5, 0.6) is 5.75 Å². The van der Waals surface area contributed by atoms with Gasteiger partial charge in [-0.25, -0.2) is 4.39 Å². The molecule has 8 nitrogen and oxygen atoms in total. The summed E-state index contributed by atoms with van der Waals surface area (Å²) >= 11 is 0. The van der Waals surface area contributed by atoms with Crippen molar-refractivity contribution < 1.29 is 46.8 Å².